The van der Waals surface area contributed by atoms with Gasteiger partial charge < -0.3 is 70.3 Å². The number of benzene rings is 8. The molecule has 614 valence electrons. The number of sulfone groups is 3. The van der Waals surface area contributed by atoms with Crippen LogP contribution in [0.2, 0.25) is 5.28 Å². The van der Waals surface area contributed by atoms with E-state index >= 15 is 0 Å². The van der Waals surface area contributed by atoms with E-state index in [4.69, 9.17) is 28.3 Å². The molecule has 8 aromatic carbocycles. The van der Waals surface area contributed by atoms with Gasteiger partial charge in [0.05, 0.1) is 107 Å². The minimum atomic E-state index is -5.17. The van der Waals surface area contributed by atoms with Gasteiger partial charge in [0.25, 0.3) is 12.3 Å². The summed E-state index contributed by atoms with van der Waals surface area (Å²) >= 11 is 6.73. The minimum absolute atomic E-state index is 0. The van der Waals surface area contributed by atoms with Gasteiger partial charge in [-0.05, 0) is 144 Å². The molecular formula is C54H41ClN12Na8O36S11. The number of nitrogens with zero attached hydrogens (tertiary/aromatic N) is 9. The van der Waals surface area contributed by atoms with Crippen molar-refractivity contribution in [2.24, 2.45) is 30.7 Å². The first kappa shape index (κ1) is 122. The molecule has 1 heterocycles. The summed E-state index contributed by atoms with van der Waals surface area (Å²) in [6, 6.07) is 26.2. The maximum Gasteiger partial charge on any atom is 1.00 e. The zero-order valence-electron chi connectivity index (χ0n) is 63.3. The van der Waals surface area contributed by atoms with E-state index in [1.54, 1.807) is 0 Å². The van der Waals surface area contributed by atoms with Crippen molar-refractivity contribution in [2.45, 2.75) is 29.4 Å². The average molecular weight is 2010 g/mol. The molecule has 0 atom stereocenters. The first-order chi connectivity index (χ1) is 54.2. The van der Waals surface area contributed by atoms with Gasteiger partial charge in [-0.2, -0.15) is 34.6 Å². The Morgan fingerprint density at radius 3 is 1.30 bits per heavy atom. The number of hydrogen-bond acceptors (Lipinski definition) is 53. The van der Waals surface area contributed by atoms with Gasteiger partial charge >= 0.3 is 236 Å². The minimum Gasteiger partial charge on any atom is -0.747 e. The number of fused-ring (bicyclic) bond motifs is 2. The van der Waals surface area contributed by atoms with Crippen LogP contribution in [-0.2, 0) is 119 Å². The van der Waals surface area contributed by atoms with E-state index in [0.29, 0.717) is 0 Å². The smallest absolute Gasteiger partial charge is 0.747 e. The van der Waals surface area contributed by atoms with E-state index in [1.165, 1.54) is 103 Å². The number of halogens is 1. The van der Waals surface area contributed by atoms with Gasteiger partial charge in [-0.1, -0.05) is 6.07 Å². The van der Waals surface area contributed by atoms with Gasteiger partial charge in [-0.25, -0.2) is 50.5 Å². The van der Waals surface area contributed by atoms with Crippen molar-refractivity contribution in [3.05, 3.63) is 139 Å². The molecule has 48 nitrogen and oxygen atoms in total. The van der Waals surface area contributed by atoms with Crippen LogP contribution in [0.15, 0.2) is 194 Å². The predicted molar refractivity (Wildman–Crippen MR) is 377 cm³/mol. The number of aromatic hydroxyl groups is 2. The van der Waals surface area contributed by atoms with Gasteiger partial charge in [0.2, 0.25) is 17.2 Å². The van der Waals surface area contributed by atoms with E-state index < -0.39 is 121 Å². The molecular weight excluding hydrogens is 1960 g/mol. The molecule has 0 bridgehead atoms. The van der Waals surface area contributed by atoms with Crippen LogP contribution in [-0.4, -0.2) is 132 Å². The molecule has 0 aliphatic carbocycles. The van der Waals surface area contributed by atoms with Crippen molar-refractivity contribution in [2.75, 3.05) is 58.9 Å². The Hall–Kier alpha value is -0.210. The summed E-state index contributed by atoms with van der Waals surface area (Å²) in [4.78, 5) is 9.92. The van der Waals surface area contributed by atoms with E-state index in [1.807, 2.05) is 0 Å². The molecule has 122 heavy (non-hydrogen) atoms. The summed E-state index contributed by atoms with van der Waals surface area (Å²) in [5, 5.41) is 121. The molecule has 0 spiro atoms. The first-order valence-corrected chi connectivity index (χ1v) is 42.5. The summed E-state index contributed by atoms with van der Waals surface area (Å²) in [5.74, 6) is -5.00. The number of phenolic OH excluding ortho intramolecular Hbond substituents is 2. The van der Waals surface area contributed by atoms with Gasteiger partial charge in [-0.3, -0.25) is 37.7 Å². The standard InChI is InChI=1S/C27H22ClN7O16S5.C27H27N5O20S6.8Na/c28-25-31-26(29-16-2-1-3-18(12-16)55(41,42)43)33-27(32-25)30-20-13-19(56(44,45)46)10-14-11-21(52-50-48-37)23(24(36)22(14)20)35-34-15-4-6-17(7-5-15)54(39,40)9-8-47-53-51-49-38;33-27-21-9-10-23(28-16-58(41,42)43)25(31-29-17-1-5-19(6-2-17)56(37,38)13-11-44-53-50-47-34)22(21)15-24(46-55-52-49-36)26(27)32-30-18-3-7-20(8-4-18)57(39,40)14-12-45-54-51-48-35;;;;;;;;/h1-7,10-13,36-38H,8-9H2,(H,41,42,43)(H,44,45,46)(H2,29,30,31,32,33);1-10,15,28,33-36H,11-14,16H2,(H,41,42,43);;;;;;;;/q;;8*+1/p-8. The first-order valence-electron chi connectivity index (χ1n) is 29.4. The molecule has 0 saturated heterocycles. The van der Waals surface area contributed by atoms with Crippen molar-refractivity contribution in [1.82, 2.24) is 15.0 Å². The fourth-order valence-corrected chi connectivity index (χ4v) is 15.4. The summed E-state index contributed by atoms with van der Waals surface area (Å²) in [6.45, 7) is -1.07. The number of aromatic nitrogens is 3. The molecule has 68 heteroatoms. The van der Waals surface area contributed by atoms with Crippen molar-refractivity contribution < 1.29 is 401 Å². The molecule has 0 unspecified atom stereocenters. The van der Waals surface area contributed by atoms with Crippen LogP contribution in [0.1, 0.15) is 0 Å². The van der Waals surface area contributed by atoms with Crippen molar-refractivity contribution >= 4 is 217 Å². The molecule has 0 saturated carbocycles. The topological polar surface area (TPSA) is 708 Å². The normalized spacial score (nSPS) is 11.6. The third-order valence-electron chi connectivity index (χ3n) is 13.6. The van der Waals surface area contributed by atoms with Crippen molar-refractivity contribution in [3.8, 4) is 17.2 Å². The third-order valence-corrected chi connectivity index (χ3v) is 23.1. The Labute approximate surface area is 894 Å². The molecule has 0 radical (unpaired) electrons. The molecule has 0 aliphatic rings. The number of phenols is 2. The summed E-state index contributed by atoms with van der Waals surface area (Å²) in [5.41, 5.74) is -1.10. The zero-order chi connectivity index (χ0) is 82.9. The SMILES string of the molecule is O=S(=O)([O-])CNc1ccc2c(O)c(N=Nc3ccc(S(=O)(=O)CCOSOO[O-])cc3)c(OSOO[O-])cc2c1N=Nc1ccc(S(=O)(=O)CCOSOO[O-])cc1.O=S(=O)([O-])c1cccc(Nc2nc(Cl)nc(Nc3cc(S(=O)(=O)[O-])cc4cc(SOO[O-])c(N=Nc5ccc(S(=O)(=O)CCOSOO[O-])cc5)c(O)c34)n2)c1.[Na+].[Na+].[Na+].[Na+].[Na+].[Na+].[Na+].[Na+]. The van der Waals surface area contributed by atoms with E-state index in [2.05, 4.69) is 108 Å². The summed E-state index contributed by atoms with van der Waals surface area (Å²) < 4.78 is 221. The number of nitrogens with one attached hydrogen (secondary N) is 3. The Kier molecular flexibility index (Phi) is 59.3. The number of rotatable bonds is 43. The maximum atomic E-state index is 12.6. The molecule has 1 aromatic heterocycles. The number of hydrogen-bond donors (Lipinski definition) is 5. The number of azo groups is 3. The molecule has 9 aromatic rings. The Morgan fingerprint density at radius 2 is 0.852 bits per heavy atom. The quantitative estimate of drug-likeness (QED) is 0.00451. The van der Waals surface area contributed by atoms with Gasteiger partial charge in [-0.15, -0.1) is 32.7 Å². The van der Waals surface area contributed by atoms with Crippen LogP contribution in [0.5, 0.6) is 17.2 Å². The Balaban J connectivity index is 0.00000225. The predicted octanol–water partition coefficient (Wildman–Crippen LogP) is -18.5. The molecule has 5 N–H and O–H groups in total. The molecule has 0 aliphatic heterocycles. The van der Waals surface area contributed by atoms with Crippen LogP contribution in [0.25, 0.3) is 21.5 Å². The molecule has 0 amide bonds. The van der Waals surface area contributed by atoms with Crippen LogP contribution in [0.4, 0.5) is 63.1 Å². The second-order valence-electron chi connectivity index (χ2n) is 20.7. The second kappa shape index (κ2) is 59.4. The monoisotopic (exact) mass is 2000 g/mol. The fourth-order valence-electron chi connectivity index (χ4n) is 8.86. The van der Waals surface area contributed by atoms with E-state index in [0.717, 1.165) is 30.3 Å². The maximum absolute atomic E-state index is 12.6. The van der Waals surface area contributed by atoms with Gasteiger partial charge in [0.1, 0.15) is 47.6 Å². The van der Waals surface area contributed by atoms with Crippen LogP contribution >= 0.6 is 72.9 Å². The molecule has 9 rings (SSSR count). The van der Waals surface area contributed by atoms with Crippen LogP contribution in [0, 0.1) is 0 Å². The van der Waals surface area contributed by atoms with E-state index in [9.17, 15) is 101 Å². The Morgan fingerprint density at radius 1 is 0.418 bits per heavy atom. The third kappa shape index (κ3) is 38.8. The van der Waals surface area contributed by atoms with Gasteiger partial charge in [0.15, 0.2) is 89.4 Å². The largest absolute Gasteiger partial charge is 1.00 e. The Bertz CT molecular complexity index is 5720. The van der Waals surface area contributed by atoms with Crippen LogP contribution < -0.4 is 283 Å². The average Bonchev–Trinajstić information content (AvgIpc) is 0.760. The second-order valence-corrected chi connectivity index (χ2v) is 34.2. The molecule has 0 fully saturated rings. The van der Waals surface area contributed by atoms with Crippen LogP contribution in [0.3, 0.4) is 0 Å². The number of anilines is 5. The fraction of sp³-hybridized carbons (Fsp3) is 0.130. The van der Waals surface area contributed by atoms with Crippen molar-refractivity contribution in [1.29, 1.82) is 0 Å². The van der Waals surface area contributed by atoms with E-state index in [-0.39, 0.29) is 416 Å². The summed E-state index contributed by atoms with van der Waals surface area (Å²) in [6.07, 6.45) is 0. The van der Waals surface area contributed by atoms with Crippen molar-refractivity contribution in [3.63, 3.8) is 0 Å². The zero-order valence-corrected chi connectivity index (χ0v) is 89.1. The summed E-state index contributed by atoms with van der Waals surface area (Å²) in [7, 11) is -26.4. The van der Waals surface area contributed by atoms with Gasteiger partial charge in [0, 0.05) is 21.8 Å².